The molecule has 0 N–H and O–H groups in total. The van der Waals surface area contributed by atoms with Crippen molar-refractivity contribution in [2.75, 3.05) is 0 Å². The van der Waals surface area contributed by atoms with Crippen LogP contribution in [0.25, 0.3) is 83.6 Å². The summed E-state index contributed by atoms with van der Waals surface area (Å²) in [5.74, 6) is 1.84. The third-order valence-corrected chi connectivity index (χ3v) is 15.1. The van der Waals surface area contributed by atoms with E-state index in [1.165, 1.54) is 66.8 Å². The first-order chi connectivity index (χ1) is 33.2. The molecule has 0 saturated carbocycles. The predicted octanol–water partition coefficient (Wildman–Crippen LogP) is 14.5. The van der Waals surface area contributed by atoms with Gasteiger partial charge in [-0.2, -0.15) is 9.97 Å². The lowest BCUT2D eigenvalue weighted by atomic mass is 9.52. The van der Waals surface area contributed by atoms with Gasteiger partial charge in [-0.15, -0.1) is 0 Å². The van der Waals surface area contributed by atoms with E-state index in [0.29, 0.717) is 17.6 Å². The summed E-state index contributed by atoms with van der Waals surface area (Å²) in [6, 6.07) is 84.7. The van der Waals surface area contributed by atoms with Gasteiger partial charge in [-0.1, -0.05) is 218 Å². The smallest absolute Gasteiger partial charge is 0.238 e. The zero-order valence-electron chi connectivity index (χ0n) is 36.2. The minimum Gasteiger partial charge on any atom is -0.277 e. The van der Waals surface area contributed by atoms with Gasteiger partial charge in [-0.25, -0.2) is 4.98 Å². The molecule has 0 atom stereocenters. The first-order valence-electron chi connectivity index (χ1n) is 23.1. The molecule has 310 valence electrons. The molecule has 0 saturated heterocycles. The molecular formula is C63H38N4. The molecule has 3 aliphatic rings. The second-order valence-electron chi connectivity index (χ2n) is 18.2. The quantitative estimate of drug-likeness (QED) is 0.178. The first-order valence-corrected chi connectivity index (χ1v) is 23.1. The Morgan fingerprint density at radius 2 is 0.731 bits per heavy atom. The van der Waals surface area contributed by atoms with Crippen LogP contribution in [-0.4, -0.2) is 19.5 Å². The predicted molar refractivity (Wildman–Crippen MR) is 271 cm³/mol. The van der Waals surface area contributed by atoms with Gasteiger partial charge in [0.1, 0.15) is 0 Å². The maximum atomic E-state index is 5.38. The highest BCUT2D eigenvalue weighted by molar-refractivity contribution is 6.19. The lowest BCUT2D eigenvalue weighted by Gasteiger charge is -2.48. The van der Waals surface area contributed by atoms with Crippen LogP contribution >= 0.6 is 0 Å². The van der Waals surface area contributed by atoms with Gasteiger partial charge < -0.3 is 0 Å². The minimum absolute atomic E-state index is 0.506. The topological polar surface area (TPSA) is 43.6 Å². The lowest BCUT2D eigenvalue weighted by molar-refractivity contribution is 0.633. The summed E-state index contributed by atoms with van der Waals surface area (Å²) in [5.41, 5.74) is 18.5. The number of hydrogen-bond donors (Lipinski definition) is 0. The molecule has 4 heteroatoms. The van der Waals surface area contributed by atoms with Gasteiger partial charge in [-0.05, 0) is 84.3 Å². The molecule has 0 fully saturated rings. The lowest BCUT2D eigenvalue weighted by Crippen LogP contribution is -2.43. The van der Waals surface area contributed by atoms with E-state index in [4.69, 9.17) is 15.0 Å². The molecule has 0 radical (unpaired) electrons. The van der Waals surface area contributed by atoms with Crippen LogP contribution < -0.4 is 0 Å². The molecule has 0 bridgehead atoms. The second-order valence-corrected chi connectivity index (χ2v) is 18.2. The molecule has 67 heavy (non-hydrogen) atoms. The van der Waals surface area contributed by atoms with Crippen molar-refractivity contribution in [3.8, 4) is 51.0 Å². The van der Waals surface area contributed by atoms with Gasteiger partial charge in [0.05, 0.1) is 21.9 Å². The van der Waals surface area contributed by atoms with Crippen molar-refractivity contribution < 1.29 is 0 Å². The molecule has 12 aromatic rings. The summed E-state index contributed by atoms with van der Waals surface area (Å²) in [6.07, 6.45) is 0. The Hall–Kier alpha value is -8.73. The molecule has 0 unspecified atom stereocenters. The molecule has 0 amide bonds. The van der Waals surface area contributed by atoms with Crippen LogP contribution in [0.3, 0.4) is 0 Å². The molecule has 0 aliphatic heterocycles. The van der Waals surface area contributed by atoms with E-state index in [1.54, 1.807) is 0 Å². The van der Waals surface area contributed by atoms with Crippen LogP contribution in [0.5, 0.6) is 0 Å². The van der Waals surface area contributed by atoms with Crippen LogP contribution in [0.4, 0.5) is 0 Å². The van der Waals surface area contributed by atoms with Gasteiger partial charge >= 0.3 is 0 Å². The zero-order valence-corrected chi connectivity index (χ0v) is 36.2. The molecular weight excluding hydrogens is 813 g/mol. The Morgan fingerprint density at radius 1 is 0.299 bits per heavy atom. The summed E-state index contributed by atoms with van der Waals surface area (Å²) in [7, 11) is 0. The SMILES string of the molecule is c1ccc(-c2nc(-c3ccccc3)nc(-n3c4cc5c(cc4c4ccc6ccccc6c43)C3(c4ccccc4-5)c4ccccc4C4(c5ccccc5-c5ccccc54)c4ccccc43)n2)cc1. The average Bonchev–Trinajstić information content (AvgIpc) is 4.00. The molecule has 15 rings (SSSR count). The summed E-state index contributed by atoms with van der Waals surface area (Å²) in [6.45, 7) is 0. The fraction of sp³-hybridized carbons (Fsp3) is 0.0317. The van der Waals surface area contributed by atoms with Crippen molar-refractivity contribution in [2.45, 2.75) is 10.8 Å². The van der Waals surface area contributed by atoms with Gasteiger partial charge in [0.2, 0.25) is 5.95 Å². The zero-order chi connectivity index (χ0) is 43.8. The number of hydrogen-bond acceptors (Lipinski definition) is 3. The Kier molecular flexibility index (Phi) is 7.33. The van der Waals surface area contributed by atoms with Gasteiger partial charge in [0, 0.05) is 27.3 Å². The highest BCUT2D eigenvalue weighted by Crippen LogP contribution is 2.67. The number of aromatic nitrogens is 4. The van der Waals surface area contributed by atoms with E-state index in [9.17, 15) is 0 Å². The molecule has 2 spiro atoms. The number of rotatable bonds is 3. The van der Waals surface area contributed by atoms with Crippen LogP contribution in [0, 0.1) is 0 Å². The Bertz CT molecular complexity index is 3900. The third kappa shape index (κ3) is 4.64. The summed E-state index contributed by atoms with van der Waals surface area (Å²) >= 11 is 0. The molecule has 2 aromatic heterocycles. The third-order valence-electron chi connectivity index (χ3n) is 15.1. The molecule has 4 nitrogen and oxygen atoms in total. The Labute approximate surface area is 387 Å². The highest BCUT2D eigenvalue weighted by Gasteiger charge is 2.59. The fourth-order valence-electron chi connectivity index (χ4n) is 12.6. The summed E-state index contributed by atoms with van der Waals surface area (Å²) in [5, 5.41) is 4.61. The van der Waals surface area contributed by atoms with E-state index in [1.807, 2.05) is 36.4 Å². The van der Waals surface area contributed by atoms with Crippen molar-refractivity contribution in [1.82, 2.24) is 19.5 Å². The number of nitrogens with zero attached hydrogens (tertiary/aromatic N) is 4. The maximum Gasteiger partial charge on any atom is 0.238 e. The fourth-order valence-corrected chi connectivity index (χ4v) is 12.6. The van der Waals surface area contributed by atoms with E-state index in [-0.39, 0.29) is 0 Å². The van der Waals surface area contributed by atoms with Crippen molar-refractivity contribution in [1.29, 1.82) is 0 Å². The van der Waals surface area contributed by atoms with Gasteiger partial charge in [0.25, 0.3) is 0 Å². The van der Waals surface area contributed by atoms with E-state index < -0.39 is 10.8 Å². The van der Waals surface area contributed by atoms with Crippen LogP contribution in [0.2, 0.25) is 0 Å². The summed E-state index contributed by atoms with van der Waals surface area (Å²) in [4.78, 5) is 15.9. The normalized spacial score (nSPS) is 14.2. The van der Waals surface area contributed by atoms with Crippen molar-refractivity contribution in [3.63, 3.8) is 0 Å². The maximum absolute atomic E-state index is 5.38. The van der Waals surface area contributed by atoms with E-state index in [0.717, 1.165) is 43.7 Å². The van der Waals surface area contributed by atoms with Crippen LogP contribution in [-0.2, 0) is 10.8 Å². The van der Waals surface area contributed by atoms with E-state index >= 15 is 0 Å². The standard InChI is InChI=1S/C63H38N4/c1-3-20-40(21-4-1)59-64-60(41-22-5-2-6-23-41)66-61(65-59)67-57-38-47-45-27-11-14-30-51(45)63(56(47)37-48(57)46-36-35-39-19-7-8-24-42(39)58(46)67)54-33-17-15-31-52(54)62(53-32-16-18-34-55(53)63)49-28-12-9-25-43(49)44-26-10-13-29-50(44)62/h1-38H. The molecule has 10 aromatic carbocycles. The van der Waals surface area contributed by atoms with E-state index in [2.05, 4.69) is 199 Å². The Morgan fingerprint density at radius 3 is 1.27 bits per heavy atom. The summed E-state index contributed by atoms with van der Waals surface area (Å²) < 4.78 is 2.31. The minimum atomic E-state index is -0.621. The first kappa shape index (κ1) is 36.6. The highest BCUT2D eigenvalue weighted by atomic mass is 15.2. The second kappa shape index (κ2) is 13.4. The monoisotopic (exact) mass is 850 g/mol. The van der Waals surface area contributed by atoms with Gasteiger partial charge in [0.15, 0.2) is 11.6 Å². The van der Waals surface area contributed by atoms with Crippen molar-refractivity contribution in [3.05, 3.63) is 275 Å². The van der Waals surface area contributed by atoms with Crippen LogP contribution in [0.15, 0.2) is 231 Å². The molecule has 2 heterocycles. The largest absolute Gasteiger partial charge is 0.277 e. The molecule has 3 aliphatic carbocycles. The average molecular weight is 851 g/mol. The van der Waals surface area contributed by atoms with Crippen molar-refractivity contribution >= 4 is 32.6 Å². The number of fused-ring (bicyclic) bond motifs is 21. The number of benzene rings is 10. The van der Waals surface area contributed by atoms with Crippen molar-refractivity contribution in [2.24, 2.45) is 0 Å². The Balaban J connectivity index is 1.09. The van der Waals surface area contributed by atoms with Gasteiger partial charge in [-0.3, -0.25) is 4.57 Å². The van der Waals surface area contributed by atoms with Crippen LogP contribution in [0.1, 0.15) is 44.5 Å².